The van der Waals surface area contributed by atoms with E-state index in [4.69, 9.17) is 14.5 Å². The standard InChI is InChI=1S/C22H32N5O6P/c1-33-21-20-17(14-23-27(22(20)29)15-19(28)26-8-3-2-4-9-26)13-18(24-21)25-10-5-16(6-11-25)7-12-34(30,31)32/h13-14,16H,2-12,15H2,1H3,(H2,30,31,32). The number of pyridine rings is 1. The number of methoxy groups -OCH3 is 1. The normalized spacial score (nSPS) is 17.9. The Balaban J connectivity index is 1.51. The minimum absolute atomic E-state index is 0.0854. The number of piperidine rings is 2. The predicted molar refractivity (Wildman–Crippen MR) is 127 cm³/mol. The van der Waals surface area contributed by atoms with Crippen LogP contribution >= 0.6 is 7.60 Å². The zero-order valence-corrected chi connectivity index (χ0v) is 20.3. The quantitative estimate of drug-likeness (QED) is 0.551. The number of carbonyl (C=O) groups is 1. The largest absolute Gasteiger partial charge is 0.480 e. The van der Waals surface area contributed by atoms with E-state index in [0.29, 0.717) is 49.2 Å². The Hall–Kier alpha value is -2.49. The lowest BCUT2D eigenvalue weighted by Crippen LogP contribution is -2.40. The molecule has 0 spiro atoms. The lowest BCUT2D eigenvalue weighted by molar-refractivity contribution is -0.133. The maximum absolute atomic E-state index is 13.1. The van der Waals surface area contributed by atoms with Crippen LogP contribution in [0.4, 0.5) is 5.82 Å². The molecule has 2 saturated heterocycles. The van der Waals surface area contributed by atoms with E-state index in [2.05, 4.69) is 15.0 Å². The molecule has 186 valence electrons. The van der Waals surface area contributed by atoms with Crippen molar-refractivity contribution in [3.8, 4) is 5.88 Å². The Bertz CT molecular complexity index is 1130. The molecule has 34 heavy (non-hydrogen) atoms. The molecule has 12 heteroatoms. The van der Waals surface area contributed by atoms with Crippen molar-refractivity contribution in [2.75, 3.05) is 44.4 Å². The summed E-state index contributed by atoms with van der Waals surface area (Å²) in [6, 6.07) is 1.80. The van der Waals surface area contributed by atoms with Gasteiger partial charge in [-0.1, -0.05) is 0 Å². The van der Waals surface area contributed by atoms with Gasteiger partial charge < -0.3 is 24.3 Å². The fourth-order valence-corrected chi connectivity index (χ4v) is 5.45. The van der Waals surface area contributed by atoms with Gasteiger partial charge in [-0.15, -0.1) is 0 Å². The minimum atomic E-state index is -3.97. The highest BCUT2D eigenvalue weighted by molar-refractivity contribution is 7.51. The van der Waals surface area contributed by atoms with Crippen molar-refractivity contribution in [1.82, 2.24) is 19.7 Å². The van der Waals surface area contributed by atoms with Gasteiger partial charge in [-0.2, -0.15) is 10.1 Å². The Morgan fingerprint density at radius 1 is 1.18 bits per heavy atom. The number of likely N-dealkylation sites (tertiary alicyclic amines) is 1. The number of carbonyl (C=O) groups excluding carboxylic acids is 1. The molecule has 0 aromatic carbocycles. The van der Waals surface area contributed by atoms with Crippen LogP contribution in [0.5, 0.6) is 5.88 Å². The van der Waals surface area contributed by atoms with Gasteiger partial charge in [0.15, 0.2) is 0 Å². The molecule has 2 aromatic heterocycles. The summed E-state index contributed by atoms with van der Waals surface area (Å²) in [4.78, 5) is 52.4. The Labute approximate surface area is 197 Å². The first-order chi connectivity index (χ1) is 16.2. The minimum Gasteiger partial charge on any atom is -0.480 e. The van der Waals surface area contributed by atoms with Gasteiger partial charge >= 0.3 is 7.60 Å². The Morgan fingerprint density at radius 3 is 2.53 bits per heavy atom. The number of hydrogen-bond acceptors (Lipinski definition) is 7. The third-order valence-corrected chi connectivity index (χ3v) is 7.58. The van der Waals surface area contributed by atoms with E-state index in [0.717, 1.165) is 32.1 Å². The van der Waals surface area contributed by atoms with Crippen molar-refractivity contribution in [3.05, 3.63) is 22.6 Å². The summed E-state index contributed by atoms with van der Waals surface area (Å²) in [5.41, 5.74) is -0.407. The van der Waals surface area contributed by atoms with E-state index in [-0.39, 0.29) is 30.4 Å². The Morgan fingerprint density at radius 2 is 1.88 bits per heavy atom. The second-order valence-corrected chi connectivity index (χ2v) is 10.9. The molecule has 11 nitrogen and oxygen atoms in total. The number of nitrogens with zero attached hydrogens (tertiary/aromatic N) is 5. The van der Waals surface area contributed by atoms with Crippen LogP contribution in [-0.4, -0.2) is 74.8 Å². The second kappa shape index (κ2) is 10.4. The average molecular weight is 494 g/mol. The summed E-state index contributed by atoms with van der Waals surface area (Å²) in [5, 5.41) is 5.13. The zero-order valence-electron chi connectivity index (χ0n) is 19.4. The molecule has 2 fully saturated rings. The summed E-state index contributed by atoms with van der Waals surface area (Å²) in [7, 11) is -2.51. The van der Waals surface area contributed by atoms with E-state index in [1.807, 2.05) is 0 Å². The van der Waals surface area contributed by atoms with Crippen LogP contribution in [0, 0.1) is 5.92 Å². The van der Waals surface area contributed by atoms with Gasteiger partial charge in [0.1, 0.15) is 17.7 Å². The highest BCUT2D eigenvalue weighted by atomic mass is 31.2. The molecule has 0 aliphatic carbocycles. The first kappa shape index (κ1) is 24.6. The SMILES string of the molecule is COc1nc(N2CCC(CCP(=O)(O)O)CC2)cc2cnn(CC(=O)N3CCCCC3)c(=O)c12. The first-order valence-electron chi connectivity index (χ1n) is 11.8. The fourth-order valence-electron chi connectivity index (χ4n) is 4.75. The Kier molecular flexibility index (Phi) is 7.54. The van der Waals surface area contributed by atoms with Gasteiger partial charge in [-0.05, 0) is 50.5 Å². The molecule has 0 unspecified atom stereocenters. The van der Waals surface area contributed by atoms with Crippen LogP contribution in [0.1, 0.15) is 38.5 Å². The van der Waals surface area contributed by atoms with E-state index < -0.39 is 13.2 Å². The van der Waals surface area contributed by atoms with E-state index in [9.17, 15) is 14.2 Å². The van der Waals surface area contributed by atoms with Crippen molar-refractivity contribution in [2.45, 2.75) is 45.1 Å². The number of aromatic nitrogens is 3. The lowest BCUT2D eigenvalue weighted by Gasteiger charge is -2.33. The van der Waals surface area contributed by atoms with E-state index in [1.165, 1.54) is 11.8 Å². The third-order valence-electron chi connectivity index (χ3n) is 6.74. The molecule has 0 atom stereocenters. The van der Waals surface area contributed by atoms with Gasteiger partial charge in [0.05, 0.1) is 19.5 Å². The van der Waals surface area contributed by atoms with Crippen molar-refractivity contribution in [3.63, 3.8) is 0 Å². The smallest absolute Gasteiger partial charge is 0.325 e. The monoisotopic (exact) mass is 493 g/mol. The summed E-state index contributed by atoms with van der Waals surface area (Å²) in [5.74, 6) is 1.01. The highest BCUT2D eigenvalue weighted by Crippen LogP contribution is 2.38. The van der Waals surface area contributed by atoms with E-state index >= 15 is 0 Å². The average Bonchev–Trinajstić information content (AvgIpc) is 2.84. The number of amides is 1. The van der Waals surface area contributed by atoms with Crippen LogP contribution in [-0.2, 0) is 15.9 Å². The lowest BCUT2D eigenvalue weighted by atomic mass is 9.94. The first-order valence-corrected chi connectivity index (χ1v) is 13.6. The molecular weight excluding hydrogens is 461 g/mol. The van der Waals surface area contributed by atoms with Gasteiger partial charge in [0.25, 0.3) is 5.56 Å². The van der Waals surface area contributed by atoms with Gasteiger partial charge in [-0.3, -0.25) is 14.2 Å². The van der Waals surface area contributed by atoms with Crippen LogP contribution in [0.3, 0.4) is 0 Å². The van der Waals surface area contributed by atoms with Gasteiger partial charge in [0.2, 0.25) is 11.8 Å². The molecule has 2 aliphatic heterocycles. The van der Waals surface area contributed by atoms with Crippen LogP contribution < -0.4 is 15.2 Å². The van der Waals surface area contributed by atoms with Gasteiger partial charge in [-0.25, -0.2) is 4.68 Å². The highest BCUT2D eigenvalue weighted by Gasteiger charge is 2.25. The molecule has 0 saturated carbocycles. The number of rotatable bonds is 7. The van der Waals surface area contributed by atoms with E-state index in [1.54, 1.807) is 17.2 Å². The van der Waals surface area contributed by atoms with Crippen molar-refractivity contribution < 1.29 is 23.9 Å². The number of ether oxygens (including phenoxy) is 1. The molecule has 2 N–H and O–H groups in total. The van der Waals surface area contributed by atoms with Crippen molar-refractivity contribution in [2.24, 2.45) is 5.92 Å². The molecule has 0 bridgehead atoms. The van der Waals surface area contributed by atoms with Crippen LogP contribution in [0.2, 0.25) is 0 Å². The molecule has 4 heterocycles. The van der Waals surface area contributed by atoms with Crippen LogP contribution in [0.25, 0.3) is 10.8 Å². The van der Waals surface area contributed by atoms with Gasteiger partial charge in [0, 0.05) is 31.6 Å². The summed E-state index contributed by atoms with van der Waals surface area (Å²) in [6.07, 6.45) is 6.68. The molecule has 2 aliphatic rings. The molecule has 2 aromatic rings. The molecule has 4 rings (SSSR count). The summed E-state index contributed by atoms with van der Waals surface area (Å²) < 4.78 is 17.8. The molecule has 1 amide bonds. The fraction of sp³-hybridized carbons (Fsp3) is 0.636. The molecule has 0 radical (unpaired) electrons. The number of anilines is 1. The zero-order chi connectivity index (χ0) is 24.3. The summed E-state index contributed by atoms with van der Waals surface area (Å²) in [6.45, 7) is 2.71. The number of fused-ring (bicyclic) bond motifs is 1. The van der Waals surface area contributed by atoms with Crippen molar-refractivity contribution in [1.29, 1.82) is 0 Å². The number of hydrogen-bond donors (Lipinski definition) is 2. The van der Waals surface area contributed by atoms with Crippen LogP contribution in [0.15, 0.2) is 17.1 Å². The maximum atomic E-state index is 13.1. The molecular formula is C22H32N5O6P. The predicted octanol–water partition coefficient (Wildman–Crippen LogP) is 1.60. The maximum Gasteiger partial charge on any atom is 0.325 e. The second-order valence-electron chi connectivity index (χ2n) is 9.11. The third kappa shape index (κ3) is 5.76. The summed E-state index contributed by atoms with van der Waals surface area (Å²) >= 11 is 0. The van der Waals surface area contributed by atoms with Crippen molar-refractivity contribution >= 4 is 30.1 Å². The topological polar surface area (TPSA) is 138 Å².